The number of ether oxygens (including phenoxy) is 3. The molecule has 404 valence electrons. The van der Waals surface area contributed by atoms with Crippen LogP contribution >= 0.6 is 34.2 Å². The normalized spacial score (nSPS) is 12.0. The number of rotatable bonds is 11. The van der Waals surface area contributed by atoms with Crippen LogP contribution in [0.3, 0.4) is 0 Å². The summed E-state index contributed by atoms with van der Waals surface area (Å²) >= 11 is 7.36. The maximum absolute atomic E-state index is 13.5. The second-order valence-corrected chi connectivity index (χ2v) is 23.4. The predicted octanol–water partition coefficient (Wildman–Crippen LogP) is 12.7. The van der Waals surface area contributed by atoms with Crippen molar-refractivity contribution < 1.29 is 70.6 Å². The lowest BCUT2D eigenvalue weighted by Gasteiger charge is -2.21. The van der Waals surface area contributed by atoms with Gasteiger partial charge in [-0.25, -0.2) is 45.0 Å². The van der Waals surface area contributed by atoms with Crippen molar-refractivity contribution in [2.75, 3.05) is 7.11 Å². The Labute approximate surface area is 453 Å². The number of alkyl halides is 6. The third-order valence-electron chi connectivity index (χ3n) is 10.0. The van der Waals surface area contributed by atoms with E-state index in [0.717, 1.165) is 46.2 Å². The van der Waals surface area contributed by atoms with Crippen molar-refractivity contribution in [3.8, 4) is 51.0 Å². The topological polar surface area (TPSA) is 223 Å². The largest absolute Gasteiger partial charge is 0.497 e. The molecule has 2 amide bonds. The quantitative estimate of drug-likeness (QED) is 0.0708. The Morgan fingerprint density at radius 2 is 1.05 bits per heavy atom. The summed E-state index contributed by atoms with van der Waals surface area (Å²) in [5.41, 5.74) is 1.58. The fraction of sp³-hybridized carbons (Fsp3) is 0.157. The van der Waals surface area contributed by atoms with E-state index in [9.17, 15) is 56.4 Å². The molecule has 7 aromatic carbocycles. The van der Waals surface area contributed by atoms with Crippen LogP contribution < -0.4 is 34.5 Å². The van der Waals surface area contributed by atoms with Gasteiger partial charge in [-0.15, -0.1) is 0 Å². The van der Waals surface area contributed by atoms with Crippen LogP contribution in [0.1, 0.15) is 37.5 Å². The Kier molecular flexibility index (Phi) is 19.3. The molecule has 0 aliphatic rings. The average molecular weight is 1250 g/mol. The van der Waals surface area contributed by atoms with Gasteiger partial charge < -0.3 is 19.5 Å². The fourth-order valence-corrected chi connectivity index (χ4v) is 9.77. The molecular weight excluding hydrogens is 1200 g/mol. The number of nitrogens with two attached hydrogens (primary N) is 2. The number of carbonyl (C=O) groups is 1. The van der Waals surface area contributed by atoms with Gasteiger partial charge in [0.2, 0.25) is 20.0 Å². The van der Waals surface area contributed by atoms with Crippen LogP contribution in [-0.4, -0.2) is 43.9 Å². The average Bonchev–Trinajstić information content (AvgIpc) is 3.31. The zero-order valence-electron chi connectivity index (χ0n) is 40.4. The van der Waals surface area contributed by atoms with Crippen LogP contribution in [0.25, 0.3) is 22.3 Å². The SMILES string of the molecule is COc1ccc(-c2cccc(Oc3ccc(-c4ccc(C)cc4)cc3S(=O)(=O)NC(=O)NC(C)(C)C)c2)cc1.NS(=O)(=O)c1cc(C(F)(F)F)ccc1Cl.NS(=O)(=O)c1cc(C(F)(F)F)ccc1Oc1ccccc1I. The number of para-hydroxylation sites is 1. The van der Waals surface area contributed by atoms with E-state index < -0.39 is 74.9 Å². The van der Waals surface area contributed by atoms with Crippen molar-refractivity contribution in [2.24, 2.45) is 10.3 Å². The number of carbonyl (C=O) groups excluding carboxylic acids is 1. The van der Waals surface area contributed by atoms with Crippen molar-refractivity contribution in [3.05, 3.63) is 177 Å². The molecule has 6 N–H and O–H groups in total. The number of primary sulfonamides is 2. The van der Waals surface area contributed by atoms with Crippen LogP contribution in [0.15, 0.2) is 166 Å². The summed E-state index contributed by atoms with van der Waals surface area (Å²) in [6, 6.07) is 37.5. The summed E-state index contributed by atoms with van der Waals surface area (Å²) in [4.78, 5) is 10.9. The molecule has 0 radical (unpaired) electrons. The summed E-state index contributed by atoms with van der Waals surface area (Å²) in [7, 11) is -11.3. The highest BCUT2D eigenvalue weighted by atomic mass is 127. The van der Waals surface area contributed by atoms with Gasteiger partial charge in [-0.3, -0.25) is 0 Å². The standard InChI is InChI=1S/C31H32N2O5S.C13H9F3INO3S.C7H5ClF3NO2S/c1-21-9-11-22(12-10-21)25-15-18-28(29(20-25)39(35,36)33-30(34)32-31(2,3)4)38-27-8-6-7-24(19-27)23-13-16-26(37-5)17-14-23;14-13(15,16)8-5-6-11(12(7-8)22(18,19)20)21-10-4-2-1-3-9(10)17;8-5-2-1-4(7(9,10)11)3-6(5)15(12,13)14/h6-20H,1-5H3,(H2,32,33,34);1-7H,(H2,18,19,20);1-3H,(H2,12,13,14). The van der Waals surface area contributed by atoms with Gasteiger partial charge >= 0.3 is 18.4 Å². The highest BCUT2D eigenvalue weighted by molar-refractivity contribution is 14.1. The third kappa shape index (κ3) is 17.3. The molecule has 0 saturated heterocycles. The molecule has 0 heterocycles. The van der Waals surface area contributed by atoms with Crippen molar-refractivity contribution in [1.82, 2.24) is 10.0 Å². The summed E-state index contributed by atoms with van der Waals surface area (Å²) in [6.45, 7) is 7.28. The second kappa shape index (κ2) is 24.3. The summed E-state index contributed by atoms with van der Waals surface area (Å²) in [5, 5.41) is 12.0. The minimum atomic E-state index is -4.68. The Hall–Kier alpha value is -6.42. The lowest BCUT2D eigenvalue weighted by molar-refractivity contribution is -0.138. The van der Waals surface area contributed by atoms with E-state index in [1.807, 2.05) is 96.2 Å². The van der Waals surface area contributed by atoms with E-state index in [-0.39, 0.29) is 21.4 Å². The van der Waals surface area contributed by atoms with Crippen molar-refractivity contribution in [1.29, 1.82) is 0 Å². The molecule has 7 aromatic rings. The minimum Gasteiger partial charge on any atom is -0.497 e. The van der Waals surface area contributed by atoms with E-state index in [1.165, 1.54) is 6.07 Å². The van der Waals surface area contributed by atoms with Crippen LogP contribution in [-0.2, 0) is 42.4 Å². The van der Waals surface area contributed by atoms with Crippen LogP contribution in [0.5, 0.6) is 28.7 Å². The Morgan fingerprint density at radius 3 is 1.59 bits per heavy atom. The number of aryl methyl sites for hydroxylation is 1. The van der Waals surface area contributed by atoms with E-state index in [2.05, 4.69) is 10.0 Å². The summed E-state index contributed by atoms with van der Waals surface area (Å²) < 4.78 is 166. The molecule has 0 aromatic heterocycles. The maximum Gasteiger partial charge on any atom is 0.416 e. The molecule has 0 aliphatic heterocycles. The van der Waals surface area contributed by atoms with Gasteiger partial charge in [0.25, 0.3) is 10.0 Å². The van der Waals surface area contributed by atoms with E-state index in [0.29, 0.717) is 38.8 Å². The van der Waals surface area contributed by atoms with Gasteiger partial charge in [-0.2, -0.15) is 26.3 Å². The van der Waals surface area contributed by atoms with Gasteiger partial charge in [0.05, 0.1) is 26.8 Å². The Bertz CT molecular complexity index is 3570. The number of halogens is 8. The Morgan fingerprint density at radius 1 is 0.553 bits per heavy atom. The van der Waals surface area contributed by atoms with Crippen LogP contribution in [0.2, 0.25) is 5.02 Å². The van der Waals surface area contributed by atoms with Gasteiger partial charge in [0, 0.05) is 5.54 Å². The lowest BCUT2D eigenvalue weighted by atomic mass is 10.0. The first-order valence-electron chi connectivity index (χ1n) is 21.7. The molecule has 14 nitrogen and oxygen atoms in total. The number of urea groups is 1. The molecule has 0 unspecified atom stereocenters. The van der Waals surface area contributed by atoms with Gasteiger partial charge in [0.15, 0.2) is 0 Å². The van der Waals surface area contributed by atoms with Crippen molar-refractivity contribution >= 4 is 70.3 Å². The molecular formula is C51H46ClF6IN4O10S3. The zero-order valence-corrected chi connectivity index (χ0v) is 45.8. The number of nitrogens with one attached hydrogen (secondary N) is 2. The molecule has 0 saturated carbocycles. The molecule has 7 rings (SSSR count). The highest BCUT2D eigenvalue weighted by Crippen LogP contribution is 2.38. The molecule has 0 bridgehead atoms. The smallest absolute Gasteiger partial charge is 0.416 e. The first-order valence-corrected chi connectivity index (χ1v) is 27.7. The molecule has 0 spiro atoms. The number of amides is 2. The molecule has 25 heteroatoms. The molecule has 0 aliphatic carbocycles. The molecule has 0 atom stereocenters. The summed E-state index contributed by atoms with van der Waals surface area (Å²) in [6.07, 6.45) is -9.32. The minimum absolute atomic E-state index is 0.0915. The Balaban J connectivity index is 0.000000241. The van der Waals surface area contributed by atoms with Gasteiger partial charge in [0.1, 0.15) is 43.4 Å². The van der Waals surface area contributed by atoms with Crippen LogP contribution in [0, 0.1) is 10.5 Å². The van der Waals surface area contributed by atoms with E-state index in [4.69, 9.17) is 36.1 Å². The van der Waals surface area contributed by atoms with Crippen molar-refractivity contribution in [3.63, 3.8) is 0 Å². The number of methoxy groups -OCH3 is 1. The van der Waals surface area contributed by atoms with Crippen molar-refractivity contribution in [2.45, 2.75) is 60.3 Å². The molecule has 76 heavy (non-hydrogen) atoms. The monoisotopic (exact) mass is 1250 g/mol. The summed E-state index contributed by atoms with van der Waals surface area (Å²) in [5.74, 6) is 1.33. The first-order chi connectivity index (χ1) is 35.1. The second-order valence-electron chi connectivity index (χ2n) is 17.1. The van der Waals surface area contributed by atoms with E-state index >= 15 is 0 Å². The maximum atomic E-state index is 13.5. The molecule has 0 fully saturated rings. The first kappa shape index (κ1) is 60.4. The van der Waals surface area contributed by atoms with Gasteiger partial charge in [-0.1, -0.05) is 83.9 Å². The lowest BCUT2D eigenvalue weighted by Crippen LogP contribution is -2.48. The zero-order chi connectivity index (χ0) is 56.6. The number of hydrogen-bond donors (Lipinski definition) is 4. The third-order valence-corrected chi connectivity index (χ3v) is 14.6. The number of benzene rings is 7. The fourth-order valence-electron chi connectivity index (χ4n) is 6.46. The number of sulfonamides is 3. The van der Waals surface area contributed by atoms with Gasteiger partial charge in [-0.05, 0) is 157 Å². The predicted molar refractivity (Wildman–Crippen MR) is 284 cm³/mol. The number of hydrogen-bond acceptors (Lipinski definition) is 10. The van der Waals surface area contributed by atoms with Crippen LogP contribution in [0.4, 0.5) is 31.1 Å². The van der Waals surface area contributed by atoms with E-state index in [1.54, 1.807) is 70.3 Å². The highest BCUT2D eigenvalue weighted by Gasteiger charge is 2.34.